The number of nitrogens with one attached hydrogen (secondary N) is 1. The minimum Gasteiger partial charge on any atom is -0.312 e. The van der Waals surface area contributed by atoms with Gasteiger partial charge in [0.2, 0.25) is 0 Å². The second-order valence-corrected chi connectivity index (χ2v) is 7.77. The van der Waals surface area contributed by atoms with E-state index in [9.17, 15) is 0 Å². The maximum absolute atomic E-state index is 3.84. The first-order valence-corrected chi connectivity index (χ1v) is 9.17. The molecule has 124 valence electrons. The summed E-state index contributed by atoms with van der Waals surface area (Å²) in [5.74, 6) is 0.913. The molecule has 3 heteroatoms. The molecule has 0 saturated heterocycles. The molecule has 1 atom stereocenters. The van der Waals surface area contributed by atoms with Crippen molar-refractivity contribution < 1.29 is 0 Å². The highest BCUT2D eigenvalue weighted by Crippen LogP contribution is 2.37. The minimum atomic E-state index is 0.458. The Bertz CT molecular complexity index is 293. The van der Waals surface area contributed by atoms with Crippen molar-refractivity contribution in [2.24, 2.45) is 5.92 Å². The summed E-state index contributed by atoms with van der Waals surface area (Å²) >= 11 is 0. The third-order valence-electron chi connectivity index (χ3n) is 5.93. The third-order valence-corrected chi connectivity index (χ3v) is 5.93. The molecule has 0 heterocycles. The molecule has 2 fully saturated rings. The van der Waals surface area contributed by atoms with E-state index in [-0.39, 0.29) is 0 Å². The predicted octanol–water partition coefficient (Wildman–Crippen LogP) is 2.96. The van der Waals surface area contributed by atoms with Gasteiger partial charge in [0.25, 0.3) is 0 Å². The van der Waals surface area contributed by atoms with E-state index in [2.05, 4.69) is 43.2 Å². The molecular weight excluding hydrogens is 258 g/mol. The quantitative estimate of drug-likeness (QED) is 0.705. The summed E-state index contributed by atoms with van der Waals surface area (Å²) in [6.07, 6.45) is 11.2. The SMILES string of the molecule is CCCNC(CN(C)CC1(N(C)C)CCC1)C1CCCC1. The fourth-order valence-corrected chi connectivity index (χ4v) is 4.30. The number of nitrogens with zero attached hydrogens (tertiary/aromatic N) is 2. The lowest BCUT2D eigenvalue weighted by atomic mass is 9.75. The molecule has 0 spiro atoms. The van der Waals surface area contributed by atoms with Crippen molar-refractivity contribution in [3.8, 4) is 0 Å². The molecule has 2 aliphatic rings. The number of rotatable bonds is 9. The van der Waals surface area contributed by atoms with Gasteiger partial charge in [0.15, 0.2) is 0 Å². The summed E-state index contributed by atoms with van der Waals surface area (Å²) in [6, 6.07) is 0.705. The van der Waals surface area contributed by atoms with Gasteiger partial charge >= 0.3 is 0 Å². The summed E-state index contributed by atoms with van der Waals surface area (Å²) in [5.41, 5.74) is 0.458. The first-order valence-electron chi connectivity index (χ1n) is 9.17. The fourth-order valence-electron chi connectivity index (χ4n) is 4.30. The maximum Gasteiger partial charge on any atom is 0.0330 e. The number of hydrogen-bond acceptors (Lipinski definition) is 3. The fraction of sp³-hybridized carbons (Fsp3) is 1.00. The zero-order chi connectivity index (χ0) is 15.3. The Hall–Kier alpha value is -0.120. The highest BCUT2D eigenvalue weighted by atomic mass is 15.2. The van der Waals surface area contributed by atoms with Crippen LogP contribution >= 0.6 is 0 Å². The molecule has 0 radical (unpaired) electrons. The Balaban J connectivity index is 1.86. The van der Waals surface area contributed by atoms with Crippen LogP contribution in [-0.4, -0.2) is 62.2 Å². The molecule has 1 unspecified atom stereocenters. The summed E-state index contributed by atoms with van der Waals surface area (Å²) < 4.78 is 0. The summed E-state index contributed by atoms with van der Waals surface area (Å²) in [5, 5.41) is 3.84. The molecule has 0 aliphatic heterocycles. The van der Waals surface area contributed by atoms with E-state index >= 15 is 0 Å². The van der Waals surface area contributed by atoms with Crippen LogP contribution in [0.5, 0.6) is 0 Å². The van der Waals surface area contributed by atoms with Gasteiger partial charge in [-0.1, -0.05) is 19.8 Å². The van der Waals surface area contributed by atoms with E-state index in [4.69, 9.17) is 0 Å². The van der Waals surface area contributed by atoms with Gasteiger partial charge < -0.3 is 15.1 Å². The minimum absolute atomic E-state index is 0.458. The van der Waals surface area contributed by atoms with Crippen LogP contribution in [-0.2, 0) is 0 Å². The van der Waals surface area contributed by atoms with Crippen LogP contribution in [0.3, 0.4) is 0 Å². The highest BCUT2D eigenvalue weighted by molar-refractivity contribution is 4.98. The first kappa shape index (κ1) is 17.2. The van der Waals surface area contributed by atoms with Gasteiger partial charge in [-0.2, -0.15) is 0 Å². The summed E-state index contributed by atoms with van der Waals surface area (Å²) in [7, 11) is 6.85. The van der Waals surface area contributed by atoms with Crippen molar-refractivity contribution in [2.45, 2.75) is 69.9 Å². The Labute approximate surface area is 132 Å². The van der Waals surface area contributed by atoms with E-state index in [0.29, 0.717) is 11.6 Å². The summed E-state index contributed by atoms with van der Waals surface area (Å²) in [6.45, 7) is 5.91. The zero-order valence-electron chi connectivity index (χ0n) is 14.8. The van der Waals surface area contributed by atoms with Crippen LogP contribution in [0.1, 0.15) is 58.3 Å². The number of likely N-dealkylation sites (N-methyl/N-ethyl adjacent to an activating group) is 2. The lowest BCUT2D eigenvalue weighted by Gasteiger charge is -2.49. The number of hydrogen-bond donors (Lipinski definition) is 1. The van der Waals surface area contributed by atoms with E-state index in [1.54, 1.807) is 0 Å². The van der Waals surface area contributed by atoms with Crippen LogP contribution < -0.4 is 5.32 Å². The van der Waals surface area contributed by atoms with Gasteiger partial charge in [-0.05, 0) is 72.1 Å². The zero-order valence-corrected chi connectivity index (χ0v) is 14.8. The van der Waals surface area contributed by atoms with Gasteiger partial charge in [-0.25, -0.2) is 0 Å². The maximum atomic E-state index is 3.84. The molecule has 2 saturated carbocycles. The molecular formula is C18H37N3. The lowest BCUT2D eigenvalue weighted by molar-refractivity contribution is 0.0238. The van der Waals surface area contributed by atoms with Crippen molar-refractivity contribution >= 4 is 0 Å². The van der Waals surface area contributed by atoms with Crippen LogP contribution in [0.25, 0.3) is 0 Å². The Morgan fingerprint density at radius 1 is 1.10 bits per heavy atom. The molecule has 0 amide bonds. The molecule has 0 aromatic carbocycles. The van der Waals surface area contributed by atoms with Gasteiger partial charge in [-0.3, -0.25) is 0 Å². The molecule has 0 aromatic rings. The van der Waals surface area contributed by atoms with Gasteiger partial charge in [0, 0.05) is 24.7 Å². The second kappa shape index (κ2) is 7.94. The largest absolute Gasteiger partial charge is 0.312 e. The third kappa shape index (κ3) is 4.43. The Morgan fingerprint density at radius 3 is 2.24 bits per heavy atom. The molecule has 3 nitrogen and oxygen atoms in total. The van der Waals surface area contributed by atoms with Crippen molar-refractivity contribution in [2.75, 3.05) is 40.8 Å². The van der Waals surface area contributed by atoms with Gasteiger partial charge in [-0.15, -0.1) is 0 Å². The van der Waals surface area contributed by atoms with E-state index in [1.807, 2.05) is 0 Å². The van der Waals surface area contributed by atoms with Crippen LogP contribution in [0, 0.1) is 5.92 Å². The second-order valence-electron chi connectivity index (χ2n) is 7.77. The van der Waals surface area contributed by atoms with E-state index < -0.39 is 0 Å². The van der Waals surface area contributed by atoms with Crippen molar-refractivity contribution in [1.29, 1.82) is 0 Å². The molecule has 1 N–H and O–H groups in total. The van der Waals surface area contributed by atoms with E-state index in [1.165, 1.54) is 71.0 Å². The van der Waals surface area contributed by atoms with Gasteiger partial charge in [0.1, 0.15) is 0 Å². The Morgan fingerprint density at radius 2 is 1.76 bits per heavy atom. The average Bonchev–Trinajstić information content (AvgIpc) is 2.92. The van der Waals surface area contributed by atoms with Crippen molar-refractivity contribution in [1.82, 2.24) is 15.1 Å². The molecule has 2 aliphatic carbocycles. The standard InChI is InChI=1S/C18H37N3/c1-5-13-19-17(16-9-6-7-10-16)14-21(4)15-18(20(2)3)11-8-12-18/h16-17,19H,5-15H2,1-4H3. The Kier molecular flexibility index (Phi) is 6.51. The highest BCUT2D eigenvalue weighted by Gasteiger charge is 2.40. The predicted molar refractivity (Wildman–Crippen MR) is 91.8 cm³/mol. The van der Waals surface area contributed by atoms with Crippen molar-refractivity contribution in [3.63, 3.8) is 0 Å². The van der Waals surface area contributed by atoms with Gasteiger partial charge in [0.05, 0.1) is 0 Å². The molecule has 0 aromatic heterocycles. The average molecular weight is 296 g/mol. The lowest BCUT2D eigenvalue weighted by Crippen LogP contribution is -2.58. The molecule has 21 heavy (non-hydrogen) atoms. The smallest absolute Gasteiger partial charge is 0.0330 e. The topological polar surface area (TPSA) is 18.5 Å². The first-order chi connectivity index (χ1) is 10.1. The monoisotopic (exact) mass is 295 g/mol. The van der Waals surface area contributed by atoms with Crippen molar-refractivity contribution in [3.05, 3.63) is 0 Å². The van der Waals surface area contributed by atoms with Crippen LogP contribution in [0.2, 0.25) is 0 Å². The normalized spacial score (nSPS) is 23.7. The molecule has 2 rings (SSSR count). The van der Waals surface area contributed by atoms with Crippen LogP contribution in [0.15, 0.2) is 0 Å². The molecule has 0 bridgehead atoms. The summed E-state index contributed by atoms with van der Waals surface area (Å²) in [4.78, 5) is 5.07. The van der Waals surface area contributed by atoms with E-state index in [0.717, 1.165) is 5.92 Å². The van der Waals surface area contributed by atoms with Crippen LogP contribution in [0.4, 0.5) is 0 Å².